The standard InChI is InChI=1S/C20H30O3/c1-2-3-4-5-7-10-13-16-19(21)17-14-11-8-6-9-12-15-18-20(22)23/h3-4,6-7,9-11,13-14,16,19,21H,2,5,8,12,15,17-18H2,1H3,(H,22,23)/b4-3-,9-6-,10-7-,14-11-,16-13+/i21D/hD. The summed E-state index contributed by atoms with van der Waals surface area (Å²) in [5, 5.41) is 8.51. The Hall–Kier alpha value is -1.87. The van der Waals surface area contributed by atoms with Crippen LogP contribution < -0.4 is 0 Å². The molecular weight excluding hydrogens is 288 g/mol. The van der Waals surface area contributed by atoms with Gasteiger partial charge in [-0.2, -0.15) is 0 Å². The monoisotopic (exact) mass is 320 g/mol. The highest BCUT2D eigenvalue weighted by molar-refractivity contribution is 5.66. The molecule has 128 valence electrons. The van der Waals surface area contributed by atoms with E-state index in [0.717, 1.165) is 25.7 Å². The molecule has 2 N–H and O–H groups in total. The highest BCUT2D eigenvalue weighted by Gasteiger charge is 1.93. The zero-order chi connectivity index (χ0) is 18.6. The molecule has 23 heavy (non-hydrogen) atoms. The van der Waals surface area contributed by atoms with E-state index in [-0.39, 0.29) is 12.5 Å². The van der Waals surface area contributed by atoms with Crippen LogP contribution in [0.2, 0.25) is 0 Å². The van der Waals surface area contributed by atoms with Gasteiger partial charge in [0.05, 0.1) is 6.10 Å². The number of carboxylic acid groups (broad SMARTS) is 1. The van der Waals surface area contributed by atoms with Gasteiger partial charge in [-0.3, -0.25) is 4.79 Å². The lowest BCUT2D eigenvalue weighted by Crippen LogP contribution is -1.98. The number of unbranched alkanes of at least 4 members (excludes halogenated alkanes) is 1. The number of carbonyl (C=O) groups is 1. The summed E-state index contributed by atoms with van der Waals surface area (Å²) in [7, 11) is 0. The predicted molar refractivity (Wildman–Crippen MR) is 97.3 cm³/mol. The maximum Gasteiger partial charge on any atom is 0.303 e. The lowest BCUT2D eigenvalue weighted by Gasteiger charge is -1.98. The fourth-order valence-electron chi connectivity index (χ4n) is 1.75. The molecule has 0 aliphatic carbocycles. The molecule has 0 aromatic rings. The highest BCUT2D eigenvalue weighted by Crippen LogP contribution is 2.00. The summed E-state index contributed by atoms with van der Waals surface area (Å²) in [6, 6.07) is 0. The normalized spacial score (nSPS) is 15.2. The van der Waals surface area contributed by atoms with Gasteiger partial charge in [0.2, 0.25) is 1.43 Å². The Balaban J connectivity index is 3.84. The molecule has 3 heteroatoms. The minimum absolute atomic E-state index is 0.244. The molecule has 0 amide bonds. The molecule has 0 aromatic carbocycles. The van der Waals surface area contributed by atoms with Crippen molar-refractivity contribution in [2.45, 2.75) is 58.0 Å². The van der Waals surface area contributed by atoms with E-state index in [0.29, 0.717) is 12.8 Å². The molecule has 0 aliphatic heterocycles. The van der Waals surface area contributed by atoms with Crippen molar-refractivity contribution in [3.05, 3.63) is 60.8 Å². The maximum absolute atomic E-state index is 10.7. The Bertz CT molecular complexity index is 466. The minimum atomic E-state index is -0.491. The Kier molecular flexibility index (Phi) is 12.5. The van der Waals surface area contributed by atoms with Gasteiger partial charge >= 0.3 is 5.97 Å². The van der Waals surface area contributed by atoms with Crippen LogP contribution in [0.15, 0.2) is 60.8 Å². The molecule has 3 nitrogen and oxygen atoms in total. The van der Waals surface area contributed by atoms with Gasteiger partial charge in [0, 0.05) is 6.42 Å². The summed E-state index contributed by atoms with van der Waals surface area (Å²) in [4.78, 5) is 10.7. The lowest BCUT2D eigenvalue weighted by molar-refractivity contribution is -0.137. The Labute approximate surface area is 143 Å². The number of aliphatic carboxylic acids is 1. The second kappa shape index (κ2) is 16.5. The van der Waals surface area contributed by atoms with Gasteiger partial charge in [0.1, 0.15) is 0 Å². The van der Waals surface area contributed by atoms with Gasteiger partial charge in [-0.15, -0.1) is 0 Å². The summed E-state index contributed by atoms with van der Waals surface area (Å²) >= 11 is 0. The minimum Gasteiger partial charge on any atom is -0.481 e. The smallest absolute Gasteiger partial charge is 0.303 e. The molecule has 0 rings (SSSR count). The summed E-state index contributed by atoms with van der Waals surface area (Å²) < 4.78 is 13.5. The zero-order valence-electron chi connectivity index (χ0n) is 16.0. The van der Waals surface area contributed by atoms with Crippen molar-refractivity contribution in [1.29, 1.82) is 2.86 Å². The predicted octanol–water partition coefficient (Wildman–Crippen LogP) is 4.96. The van der Waals surface area contributed by atoms with Crippen LogP contribution in [0.4, 0.5) is 0 Å². The van der Waals surface area contributed by atoms with E-state index in [2.05, 4.69) is 35.4 Å². The van der Waals surface area contributed by atoms with Crippen molar-refractivity contribution in [2.75, 3.05) is 0 Å². The Morgan fingerprint density at radius 1 is 1.04 bits per heavy atom. The van der Waals surface area contributed by atoms with Crippen molar-refractivity contribution in [3.63, 3.8) is 0 Å². The average Bonchev–Trinajstić information content (AvgIpc) is 2.63. The van der Waals surface area contributed by atoms with Crippen LogP contribution in [0.3, 0.4) is 0 Å². The van der Waals surface area contributed by atoms with Gasteiger partial charge < -0.3 is 10.2 Å². The van der Waals surface area contributed by atoms with E-state index < -0.39 is 5.97 Å². The molecule has 0 saturated carbocycles. The first kappa shape index (κ1) is 17.5. The molecule has 0 fully saturated rings. The number of rotatable bonds is 14. The first-order chi connectivity index (χ1) is 12.2. The molecule has 0 heterocycles. The van der Waals surface area contributed by atoms with Crippen molar-refractivity contribution in [3.8, 4) is 0 Å². The first-order valence-corrected chi connectivity index (χ1v) is 8.30. The van der Waals surface area contributed by atoms with Gasteiger partial charge in [-0.1, -0.05) is 67.7 Å². The van der Waals surface area contributed by atoms with Crippen LogP contribution in [0.5, 0.6) is 0 Å². The van der Waals surface area contributed by atoms with Crippen LogP contribution in [-0.2, 0) is 4.79 Å². The molecule has 0 radical (unpaired) electrons. The average molecular weight is 320 g/mol. The summed E-state index contributed by atoms with van der Waals surface area (Å²) in [5.41, 5.74) is 0. The second-order valence-corrected chi connectivity index (χ2v) is 5.15. The van der Waals surface area contributed by atoms with Crippen LogP contribution in [0.1, 0.15) is 51.9 Å². The van der Waals surface area contributed by atoms with E-state index in [4.69, 9.17) is 2.86 Å². The highest BCUT2D eigenvalue weighted by atomic mass is 16.4. The summed E-state index contributed by atoms with van der Waals surface area (Å²) in [5.74, 6) is -0.491. The topological polar surface area (TPSA) is 57.5 Å². The van der Waals surface area contributed by atoms with Crippen molar-refractivity contribution < 1.29 is 15.0 Å². The van der Waals surface area contributed by atoms with E-state index >= 15 is 0 Å². The molecule has 0 spiro atoms. The number of hydrogen-bond donors (Lipinski definition) is 2. The van der Waals surface area contributed by atoms with Crippen molar-refractivity contribution in [1.82, 2.24) is 0 Å². The number of carboxylic acids is 1. The van der Waals surface area contributed by atoms with Crippen LogP contribution in [0.25, 0.3) is 1.43 Å². The first-order valence-electron chi connectivity index (χ1n) is 9.12. The van der Waals surface area contributed by atoms with E-state index in [9.17, 15) is 4.79 Å². The van der Waals surface area contributed by atoms with Crippen molar-refractivity contribution >= 4 is 5.97 Å². The third kappa shape index (κ3) is 18.1. The second-order valence-electron chi connectivity index (χ2n) is 5.15. The van der Waals surface area contributed by atoms with Crippen molar-refractivity contribution in [2.24, 2.45) is 0 Å². The maximum atomic E-state index is 10.7. The fraction of sp³-hybridized carbons (Fsp3) is 0.450. The van der Waals surface area contributed by atoms with Gasteiger partial charge in [0.15, 0.2) is 0 Å². The van der Waals surface area contributed by atoms with Gasteiger partial charge in [-0.25, -0.2) is 0 Å². The molecule has 0 saturated heterocycles. The SMILES string of the molecule is [2H]OC(=O)CCC/C=C\C/C=C\CC(/C=C/C=C\C/C=C\CC)O[2H]. The van der Waals surface area contributed by atoms with Gasteiger partial charge in [0.25, 0.3) is 1.43 Å². The van der Waals surface area contributed by atoms with Gasteiger partial charge in [-0.05, 0) is 38.5 Å². The number of allylic oxidation sites excluding steroid dienone is 8. The number of aliphatic hydroxyl groups excluding tert-OH is 1. The van der Waals surface area contributed by atoms with E-state index in [1.807, 2.05) is 42.5 Å². The molecule has 0 bridgehead atoms. The lowest BCUT2D eigenvalue weighted by atomic mass is 10.2. The van der Waals surface area contributed by atoms with Crippen LogP contribution in [-0.4, -0.2) is 23.7 Å². The largest absolute Gasteiger partial charge is 0.481 e. The van der Waals surface area contributed by atoms with Crippen LogP contribution >= 0.6 is 0 Å². The third-order valence-corrected chi connectivity index (χ3v) is 2.97. The van der Waals surface area contributed by atoms with Crippen LogP contribution in [0, 0.1) is 0 Å². The Morgan fingerprint density at radius 3 is 2.61 bits per heavy atom. The fourth-order valence-corrected chi connectivity index (χ4v) is 1.75. The zero-order valence-corrected chi connectivity index (χ0v) is 14.0. The quantitative estimate of drug-likeness (QED) is 0.270. The number of aliphatic hydroxyl groups is 1. The Morgan fingerprint density at radius 2 is 1.83 bits per heavy atom. The van der Waals surface area contributed by atoms with E-state index in [1.165, 1.54) is 0 Å². The van der Waals surface area contributed by atoms with E-state index in [1.54, 1.807) is 0 Å². The summed E-state index contributed by atoms with van der Waals surface area (Å²) in [6.45, 7) is 2.11. The molecule has 1 unspecified atom stereocenters. The number of hydrogen-bond acceptors (Lipinski definition) is 3. The molecule has 1 atom stereocenters. The molecule has 0 aromatic heterocycles. The third-order valence-electron chi connectivity index (χ3n) is 2.97. The molecule has 0 aliphatic rings. The summed E-state index contributed by atoms with van der Waals surface area (Å²) in [6.07, 6.45) is 25.1. The molecular formula is C20H30O3.